The van der Waals surface area contributed by atoms with E-state index in [1.54, 1.807) is 0 Å². The molecule has 108 valence electrons. The first-order chi connectivity index (χ1) is 8.74. The first-order valence-corrected chi connectivity index (χ1v) is 8.38. The normalized spacial score (nSPS) is 22.5. The van der Waals surface area contributed by atoms with Gasteiger partial charge in [0.2, 0.25) is 0 Å². The van der Waals surface area contributed by atoms with Crippen LogP contribution in [0.3, 0.4) is 0 Å². The van der Waals surface area contributed by atoms with Crippen LogP contribution >= 0.6 is 12.6 Å². The summed E-state index contributed by atoms with van der Waals surface area (Å²) in [5.41, 5.74) is 0. The molecule has 2 unspecified atom stereocenters. The number of aliphatic hydroxyl groups excluding tert-OH is 1. The summed E-state index contributed by atoms with van der Waals surface area (Å²) in [7, 11) is 0. The highest BCUT2D eigenvalue weighted by atomic mass is 32.1. The summed E-state index contributed by atoms with van der Waals surface area (Å²) in [6.07, 6.45) is 10.6. The Bertz CT molecular complexity index is 199. The first kappa shape index (κ1) is 16.3. The average molecular weight is 273 g/mol. The highest BCUT2D eigenvalue weighted by Gasteiger charge is 2.25. The van der Waals surface area contributed by atoms with Gasteiger partial charge >= 0.3 is 0 Å². The van der Waals surface area contributed by atoms with Gasteiger partial charge in [0.15, 0.2) is 0 Å². The maximum absolute atomic E-state index is 9.55. The maximum atomic E-state index is 9.55. The van der Waals surface area contributed by atoms with Gasteiger partial charge in [-0.1, -0.05) is 32.1 Å². The molecule has 1 heterocycles. The van der Waals surface area contributed by atoms with Gasteiger partial charge in [-0.15, -0.1) is 0 Å². The average Bonchev–Trinajstić information content (AvgIpc) is 2.81. The third kappa shape index (κ3) is 7.01. The van der Waals surface area contributed by atoms with Crippen LogP contribution in [0.5, 0.6) is 0 Å². The standard InChI is InChI=1S/C15H31NOS/c1-14(17)15-9-11-16(13-15)10-7-5-3-2-4-6-8-12-18/h14-15,17-18H,2-13H2,1H3. The van der Waals surface area contributed by atoms with E-state index in [4.69, 9.17) is 0 Å². The molecule has 0 amide bonds. The Kier molecular flexibility index (Phi) is 9.16. The minimum absolute atomic E-state index is 0.123. The lowest BCUT2D eigenvalue weighted by Gasteiger charge is -2.17. The number of hydrogen-bond donors (Lipinski definition) is 2. The van der Waals surface area contributed by atoms with Crippen LogP contribution in [0.4, 0.5) is 0 Å². The highest BCUT2D eigenvalue weighted by molar-refractivity contribution is 7.80. The maximum Gasteiger partial charge on any atom is 0.0552 e. The number of thiol groups is 1. The third-order valence-electron chi connectivity index (χ3n) is 4.12. The van der Waals surface area contributed by atoms with Crippen LogP contribution in [0.2, 0.25) is 0 Å². The summed E-state index contributed by atoms with van der Waals surface area (Å²) in [5, 5.41) is 9.55. The number of aliphatic hydroxyl groups is 1. The Labute approximate surface area is 119 Å². The van der Waals surface area contributed by atoms with E-state index >= 15 is 0 Å². The number of unbranched alkanes of at least 4 members (excludes halogenated alkanes) is 6. The summed E-state index contributed by atoms with van der Waals surface area (Å²) >= 11 is 4.23. The SMILES string of the molecule is CC(O)C1CCN(CCCCCCCCCS)C1. The lowest BCUT2D eigenvalue weighted by Crippen LogP contribution is -2.25. The fraction of sp³-hybridized carbons (Fsp3) is 1.00. The molecule has 2 nitrogen and oxygen atoms in total. The zero-order chi connectivity index (χ0) is 13.2. The molecule has 0 spiro atoms. The van der Waals surface area contributed by atoms with Crippen molar-refractivity contribution in [1.29, 1.82) is 0 Å². The Morgan fingerprint density at radius 1 is 1.11 bits per heavy atom. The highest BCUT2D eigenvalue weighted by Crippen LogP contribution is 2.20. The summed E-state index contributed by atoms with van der Waals surface area (Å²) in [6.45, 7) is 5.47. The van der Waals surface area contributed by atoms with Gasteiger partial charge < -0.3 is 10.0 Å². The molecule has 0 aliphatic carbocycles. The van der Waals surface area contributed by atoms with Gasteiger partial charge in [-0.2, -0.15) is 12.6 Å². The van der Waals surface area contributed by atoms with E-state index in [-0.39, 0.29) is 6.10 Å². The van der Waals surface area contributed by atoms with E-state index < -0.39 is 0 Å². The van der Waals surface area contributed by atoms with Crippen LogP contribution in [-0.4, -0.2) is 41.5 Å². The minimum Gasteiger partial charge on any atom is -0.393 e. The smallest absolute Gasteiger partial charge is 0.0552 e. The van der Waals surface area contributed by atoms with Gasteiger partial charge in [-0.3, -0.25) is 0 Å². The van der Waals surface area contributed by atoms with Crippen molar-refractivity contribution in [3.8, 4) is 0 Å². The van der Waals surface area contributed by atoms with E-state index in [2.05, 4.69) is 17.5 Å². The van der Waals surface area contributed by atoms with Crippen molar-refractivity contribution in [2.45, 2.75) is 64.4 Å². The Hall–Kier alpha value is 0.270. The minimum atomic E-state index is -0.123. The van der Waals surface area contributed by atoms with Crippen molar-refractivity contribution >= 4 is 12.6 Å². The Balaban J connectivity index is 1.87. The second-order valence-corrected chi connectivity index (χ2v) is 6.24. The molecule has 0 radical (unpaired) electrons. The van der Waals surface area contributed by atoms with E-state index in [0.29, 0.717) is 5.92 Å². The van der Waals surface area contributed by atoms with E-state index in [9.17, 15) is 5.11 Å². The Morgan fingerprint density at radius 2 is 1.72 bits per heavy atom. The van der Waals surface area contributed by atoms with Gasteiger partial charge in [0.25, 0.3) is 0 Å². The van der Waals surface area contributed by atoms with Crippen LogP contribution in [-0.2, 0) is 0 Å². The predicted octanol–water partition coefficient (Wildman–Crippen LogP) is 3.35. The van der Waals surface area contributed by atoms with Crippen LogP contribution < -0.4 is 0 Å². The van der Waals surface area contributed by atoms with Crippen molar-refractivity contribution < 1.29 is 5.11 Å². The molecule has 0 aromatic carbocycles. The molecule has 0 bridgehead atoms. The second kappa shape index (κ2) is 10.1. The lowest BCUT2D eigenvalue weighted by molar-refractivity contribution is 0.127. The molecule has 1 aliphatic rings. The zero-order valence-electron chi connectivity index (χ0n) is 12.0. The summed E-state index contributed by atoms with van der Waals surface area (Å²) < 4.78 is 0. The molecule has 1 rings (SSSR count). The lowest BCUT2D eigenvalue weighted by atomic mass is 10.0. The molecule has 0 aromatic heterocycles. The van der Waals surface area contributed by atoms with Gasteiger partial charge in [0, 0.05) is 6.54 Å². The molecule has 1 saturated heterocycles. The second-order valence-electron chi connectivity index (χ2n) is 5.79. The topological polar surface area (TPSA) is 23.5 Å². The predicted molar refractivity (Wildman–Crippen MR) is 82.4 cm³/mol. The van der Waals surface area contributed by atoms with Crippen LogP contribution in [0.15, 0.2) is 0 Å². The van der Waals surface area contributed by atoms with E-state index in [1.165, 1.54) is 64.5 Å². The summed E-state index contributed by atoms with van der Waals surface area (Å²) in [4.78, 5) is 2.53. The van der Waals surface area contributed by atoms with E-state index in [1.807, 2.05) is 6.92 Å². The van der Waals surface area contributed by atoms with Crippen molar-refractivity contribution in [3.63, 3.8) is 0 Å². The molecule has 1 N–H and O–H groups in total. The van der Waals surface area contributed by atoms with Gasteiger partial charge in [0.05, 0.1) is 6.10 Å². The molecule has 0 aromatic rings. The largest absolute Gasteiger partial charge is 0.393 e. The number of rotatable bonds is 10. The summed E-state index contributed by atoms with van der Waals surface area (Å²) in [5.74, 6) is 1.56. The first-order valence-electron chi connectivity index (χ1n) is 7.75. The molecule has 18 heavy (non-hydrogen) atoms. The fourth-order valence-corrected chi connectivity index (χ4v) is 3.01. The molecule has 0 saturated carbocycles. The number of hydrogen-bond acceptors (Lipinski definition) is 3. The molecule has 1 fully saturated rings. The van der Waals surface area contributed by atoms with Crippen LogP contribution in [0.1, 0.15) is 58.3 Å². The third-order valence-corrected chi connectivity index (χ3v) is 4.44. The van der Waals surface area contributed by atoms with Crippen molar-refractivity contribution in [1.82, 2.24) is 4.90 Å². The Morgan fingerprint density at radius 3 is 2.28 bits per heavy atom. The molecule has 1 aliphatic heterocycles. The zero-order valence-corrected chi connectivity index (χ0v) is 12.9. The molecular weight excluding hydrogens is 242 g/mol. The quantitative estimate of drug-likeness (QED) is 0.471. The van der Waals surface area contributed by atoms with Gasteiger partial charge in [-0.25, -0.2) is 0 Å². The fourth-order valence-electron chi connectivity index (χ4n) is 2.79. The van der Waals surface area contributed by atoms with Crippen LogP contribution in [0.25, 0.3) is 0 Å². The number of nitrogens with zero attached hydrogens (tertiary/aromatic N) is 1. The van der Waals surface area contributed by atoms with Crippen molar-refractivity contribution in [2.75, 3.05) is 25.4 Å². The van der Waals surface area contributed by atoms with E-state index in [0.717, 1.165) is 12.3 Å². The van der Waals surface area contributed by atoms with Crippen molar-refractivity contribution in [3.05, 3.63) is 0 Å². The monoisotopic (exact) mass is 273 g/mol. The van der Waals surface area contributed by atoms with Gasteiger partial charge in [-0.05, 0) is 50.9 Å². The van der Waals surface area contributed by atoms with Crippen molar-refractivity contribution in [2.24, 2.45) is 5.92 Å². The summed E-state index contributed by atoms with van der Waals surface area (Å²) in [6, 6.07) is 0. The molecular formula is C15H31NOS. The number of likely N-dealkylation sites (tertiary alicyclic amines) is 1. The van der Waals surface area contributed by atoms with Gasteiger partial charge in [0.1, 0.15) is 0 Å². The van der Waals surface area contributed by atoms with Crippen LogP contribution in [0, 0.1) is 5.92 Å². The molecule has 3 heteroatoms. The molecule has 2 atom stereocenters.